The van der Waals surface area contributed by atoms with Crippen molar-refractivity contribution >= 4 is 0 Å². The van der Waals surface area contributed by atoms with Gasteiger partial charge in [-0.05, 0) is 12.1 Å². The van der Waals surface area contributed by atoms with Crippen molar-refractivity contribution in [3.05, 3.63) is 42.4 Å². The van der Waals surface area contributed by atoms with Gasteiger partial charge in [0.1, 0.15) is 0 Å². The van der Waals surface area contributed by atoms with Gasteiger partial charge in [-0.3, -0.25) is 4.98 Å². The minimum Gasteiger partial charge on any atom is -0.434 e. The molecule has 2 N–H and O–H groups in total. The molecule has 1 aromatic carbocycles. The van der Waals surface area contributed by atoms with Crippen LogP contribution in [-0.2, 0) is 6.54 Å². The topological polar surface area (TPSA) is 70.3 Å². The summed E-state index contributed by atoms with van der Waals surface area (Å²) >= 11 is 0. The zero-order chi connectivity index (χ0) is 14.6. The normalized spacial score (nSPS) is 11.2. The SMILES string of the molecule is NCc1cnc(Oc2ccccc2OC(F)(F)F)cn1. The lowest BCUT2D eigenvalue weighted by molar-refractivity contribution is -0.275. The number of alkyl halides is 3. The van der Waals surface area contributed by atoms with Crippen LogP contribution in [0, 0.1) is 0 Å². The standard InChI is InChI=1S/C12H10F3N3O2/c13-12(14,15)20-10-4-2-1-3-9(10)19-11-7-17-8(5-16)6-18-11/h1-4,6-7H,5,16H2. The Hall–Kier alpha value is -2.35. The summed E-state index contributed by atoms with van der Waals surface area (Å²) in [6.45, 7) is 0.209. The molecule has 0 spiro atoms. The molecule has 8 heteroatoms. The van der Waals surface area contributed by atoms with E-state index in [2.05, 4.69) is 14.7 Å². The van der Waals surface area contributed by atoms with E-state index in [0.717, 1.165) is 6.07 Å². The lowest BCUT2D eigenvalue weighted by Crippen LogP contribution is -2.17. The summed E-state index contributed by atoms with van der Waals surface area (Å²) in [7, 11) is 0. The molecule has 106 valence electrons. The average molecular weight is 285 g/mol. The Morgan fingerprint density at radius 1 is 1.05 bits per heavy atom. The zero-order valence-corrected chi connectivity index (χ0v) is 10.1. The third-order valence-corrected chi connectivity index (χ3v) is 2.18. The Labute approximate surface area is 112 Å². The molecule has 2 rings (SSSR count). The molecule has 0 aliphatic heterocycles. The predicted octanol–water partition coefficient (Wildman–Crippen LogP) is 2.63. The average Bonchev–Trinajstić information content (AvgIpc) is 2.40. The number of para-hydroxylation sites is 2. The quantitative estimate of drug-likeness (QED) is 0.935. The third kappa shape index (κ3) is 3.82. The lowest BCUT2D eigenvalue weighted by atomic mass is 10.3. The molecule has 20 heavy (non-hydrogen) atoms. The molecule has 0 atom stereocenters. The molecule has 1 aromatic heterocycles. The van der Waals surface area contributed by atoms with E-state index in [0.29, 0.717) is 5.69 Å². The van der Waals surface area contributed by atoms with Crippen LogP contribution in [0.1, 0.15) is 5.69 Å². The largest absolute Gasteiger partial charge is 0.573 e. The summed E-state index contributed by atoms with van der Waals surface area (Å²) in [6.07, 6.45) is -2.15. The number of nitrogens with two attached hydrogens (primary N) is 1. The molecule has 0 saturated carbocycles. The molecule has 5 nitrogen and oxygen atoms in total. The van der Waals surface area contributed by atoms with Crippen LogP contribution < -0.4 is 15.2 Å². The third-order valence-electron chi connectivity index (χ3n) is 2.18. The number of nitrogens with zero attached hydrogens (tertiary/aromatic N) is 2. The molecule has 1 heterocycles. The van der Waals surface area contributed by atoms with Crippen LogP contribution in [0.5, 0.6) is 17.4 Å². The molecule has 0 amide bonds. The van der Waals surface area contributed by atoms with E-state index in [1.165, 1.54) is 30.6 Å². The number of rotatable bonds is 4. The molecule has 0 fully saturated rings. The highest BCUT2D eigenvalue weighted by Gasteiger charge is 2.32. The van der Waals surface area contributed by atoms with Gasteiger partial charge in [0.05, 0.1) is 18.1 Å². The summed E-state index contributed by atoms with van der Waals surface area (Å²) in [5.74, 6) is -0.523. The van der Waals surface area contributed by atoms with Crippen molar-refractivity contribution < 1.29 is 22.6 Å². The highest BCUT2D eigenvalue weighted by atomic mass is 19.4. The van der Waals surface area contributed by atoms with E-state index in [1.54, 1.807) is 0 Å². The van der Waals surface area contributed by atoms with E-state index in [4.69, 9.17) is 10.5 Å². The van der Waals surface area contributed by atoms with Gasteiger partial charge in [-0.25, -0.2) is 4.98 Å². The van der Waals surface area contributed by atoms with Crippen molar-refractivity contribution in [3.8, 4) is 17.4 Å². The van der Waals surface area contributed by atoms with E-state index in [1.807, 2.05) is 0 Å². The Bertz CT molecular complexity index is 573. The van der Waals surface area contributed by atoms with E-state index >= 15 is 0 Å². The van der Waals surface area contributed by atoms with Gasteiger partial charge in [-0.2, -0.15) is 0 Å². The Balaban J connectivity index is 2.19. The van der Waals surface area contributed by atoms with Crippen molar-refractivity contribution in [2.24, 2.45) is 5.73 Å². The molecule has 0 unspecified atom stereocenters. The van der Waals surface area contributed by atoms with Gasteiger partial charge in [0.25, 0.3) is 0 Å². The van der Waals surface area contributed by atoms with Crippen molar-refractivity contribution in [2.45, 2.75) is 12.9 Å². The minimum atomic E-state index is -4.80. The van der Waals surface area contributed by atoms with Crippen molar-refractivity contribution in [3.63, 3.8) is 0 Å². The molecular formula is C12H10F3N3O2. The van der Waals surface area contributed by atoms with Gasteiger partial charge in [-0.15, -0.1) is 13.2 Å². The first-order valence-electron chi connectivity index (χ1n) is 5.51. The summed E-state index contributed by atoms with van der Waals surface area (Å²) in [6, 6.07) is 5.39. The maximum atomic E-state index is 12.2. The first kappa shape index (κ1) is 14.1. The van der Waals surface area contributed by atoms with Crippen LogP contribution >= 0.6 is 0 Å². The van der Waals surface area contributed by atoms with Gasteiger partial charge in [-0.1, -0.05) is 12.1 Å². The fourth-order valence-electron chi connectivity index (χ4n) is 1.36. The second-order valence-electron chi connectivity index (χ2n) is 3.65. The maximum Gasteiger partial charge on any atom is 0.573 e. The summed E-state index contributed by atoms with van der Waals surface area (Å²) in [5, 5.41) is 0. The second-order valence-corrected chi connectivity index (χ2v) is 3.65. The van der Waals surface area contributed by atoms with Crippen LogP contribution in [0.15, 0.2) is 36.7 Å². The maximum absolute atomic E-state index is 12.2. The molecule has 0 bridgehead atoms. The van der Waals surface area contributed by atoms with E-state index in [-0.39, 0.29) is 18.2 Å². The number of aromatic nitrogens is 2. The summed E-state index contributed by atoms with van der Waals surface area (Å²) in [5.41, 5.74) is 5.90. The monoisotopic (exact) mass is 285 g/mol. The number of hydrogen-bond acceptors (Lipinski definition) is 5. The predicted molar refractivity (Wildman–Crippen MR) is 63.1 cm³/mol. The van der Waals surface area contributed by atoms with Crippen LogP contribution in [0.4, 0.5) is 13.2 Å². The molecule has 0 saturated heterocycles. The molecule has 0 aliphatic carbocycles. The van der Waals surface area contributed by atoms with Crippen molar-refractivity contribution in [1.82, 2.24) is 9.97 Å². The number of hydrogen-bond donors (Lipinski definition) is 1. The fraction of sp³-hybridized carbons (Fsp3) is 0.167. The van der Waals surface area contributed by atoms with Crippen LogP contribution in [-0.4, -0.2) is 16.3 Å². The number of halogens is 3. The van der Waals surface area contributed by atoms with Crippen LogP contribution in [0.2, 0.25) is 0 Å². The summed E-state index contributed by atoms with van der Waals surface area (Å²) < 4.78 is 45.8. The zero-order valence-electron chi connectivity index (χ0n) is 10.1. The second kappa shape index (κ2) is 5.74. The first-order chi connectivity index (χ1) is 9.48. The highest BCUT2D eigenvalue weighted by Crippen LogP contribution is 2.34. The Kier molecular flexibility index (Phi) is 4.04. The number of benzene rings is 1. The van der Waals surface area contributed by atoms with Gasteiger partial charge < -0.3 is 15.2 Å². The van der Waals surface area contributed by atoms with Gasteiger partial charge >= 0.3 is 6.36 Å². The van der Waals surface area contributed by atoms with Crippen LogP contribution in [0.25, 0.3) is 0 Å². The fourth-order valence-corrected chi connectivity index (χ4v) is 1.36. The highest BCUT2D eigenvalue weighted by molar-refractivity contribution is 5.41. The Morgan fingerprint density at radius 3 is 2.30 bits per heavy atom. The molecular weight excluding hydrogens is 275 g/mol. The first-order valence-corrected chi connectivity index (χ1v) is 5.51. The summed E-state index contributed by atoms with van der Waals surface area (Å²) in [4.78, 5) is 7.80. The van der Waals surface area contributed by atoms with E-state index in [9.17, 15) is 13.2 Å². The molecule has 0 radical (unpaired) electrons. The smallest absolute Gasteiger partial charge is 0.434 e. The molecule has 2 aromatic rings. The Morgan fingerprint density at radius 2 is 1.75 bits per heavy atom. The van der Waals surface area contributed by atoms with Crippen LogP contribution in [0.3, 0.4) is 0 Å². The van der Waals surface area contributed by atoms with E-state index < -0.39 is 12.1 Å². The molecule has 0 aliphatic rings. The van der Waals surface area contributed by atoms with Gasteiger partial charge in [0.15, 0.2) is 11.5 Å². The van der Waals surface area contributed by atoms with Gasteiger partial charge in [0, 0.05) is 6.54 Å². The van der Waals surface area contributed by atoms with Crippen molar-refractivity contribution in [1.29, 1.82) is 0 Å². The minimum absolute atomic E-state index is 0.0421. The number of ether oxygens (including phenoxy) is 2. The van der Waals surface area contributed by atoms with Gasteiger partial charge in [0.2, 0.25) is 5.88 Å². The van der Waals surface area contributed by atoms with Crippen molar-refractivity contribution in [2.75, 3.05) is 0 Å². The lowest BCUT2D eigenvalue weighted by Gasteiger charge is -2.13.